The van der Waals surface area contributed by atoms with Gasteiger partial charge in [-0.1, -0.05) is 0 Å². The van der Waals surface area contributed by atoms with Crippen molar-refractivity contribution >= 4 is 18.6 Å². The van der Waals surface area contributed by atoms with Crippen molar-refractivity contribution in [2.45, 2.75) is 12.8 Å². The minimum atomic E-state index is -0.814. The molecule has 0 aromatic rings. The SMILES string of the molecule is O=C(O)CCOCCCS. The molecular weight excluding hydrogens is 152 g/mol. The van der Waals surface area contributed by atoms with Crippen LogP contribution in [0.25, 0.3) is 0 Å². The van der Waals surface area contributed by atoms with Crippen molar-refractivity contribution in [1.29, 1.82) is 0 Å². The Morgan fingerprint density at radius 3 is 2.70 bits per heavy atom. The molecule has 0 saturated carbocycles. The Hall–Kier alpha value is -0.220. The molecule has 0 aliphatic rings. The lowest BCUT2D eigenvalue weighted by Crippen LogP contribution is -2.03. The van der Waals surface area contributed by atoms with Crippen LogP contribution >= 0.6 is 12.6 Å². The van der Waals surface area contributed by atoms with Crippen LogP contribution < -0.4 is 0 Å². The first-order valence-electron chi connectivity index (χ1n) is 3.17. The molecule has 0 saturated heterocycles. The Morgan fingerprint density at radius 2 is 2.20 bits per heavy atom. The van der Waals surface area contributed by atoms with Gasteiger partial charge in [0.05, 0.1) is 13.0 Å². The van der Waals surface area contributed by atoms with Gasteiger partial charge in [-0.05, 0) is 12.2 Å². The van der Waals surface area contributed by atoms with Gasteiger partial charge in [0, 0.05) is 6.61 Å². The summed E-state index contributed by atoms with van der Waals surface area (Å²) in [6, 6.07) is 0. The summed E-state index contributed by atoms with van der Waals surface area (Å²) in [5, 5.41) is 8.17. The third-order valence-electron chi connectivity index (χ3n) is 0.907. The molecule has 0 unspecified atom stereocenters. The van der Waals surface area contributed by atoms with E-state index in [1.165, 1.54) is 0 Å². The molecule has 0 atom stereocenters. The van der Waals surface area contributed by atoms with Crippen LogP contribution in [0.3, 0.4) is 0 Å². The monoisotopic (exact) mass is 164 g/mol. The lowest BCUT2D eigenvalue weighted by atomic mass is 10.4. The third kappa shape index (κ3) is 7.78. The summed E-state index contributed by atoms with van der Waals surface area (Å²) < 4.78 is 4.96. The predicted molar refractivity (Wildman–Crippen MR) is 41.5 cm³/mol. The largest absolute Gasteiger partial charge is 0.481 e. The molecule has 0 aromatic carbocycles. The minimum absolute atomic E-state index is 0.0899. The molecule has 0 aromatic heterocycles. The van der Waals surface area contributed by atoms with E-state index in [4.69, 9.17) is 9.84 Å². The minimum Gasteiger partial charge on any atom is -0.481 e. The lowest BCUT2D eigenvalue weighted by molar-refractivity contribution is -0.138. The zero-order valence-corrected chi connectivity index (χ0v) is 6.64. The van der Waals surface area contributed by atoms with Crippen molar-refractivity contribution in [2.24, 2.45) is 0 Å². The van der Waals surface area contributed by atoms with E-state index in [1.807, 2.05) is 0 Å². The number of ether oxygens (including phenoxy) is 1. The fraction of sp³-hybridized carbons (Fsp3) is 0.833. The van der Waals surface area contributed by atoms with E-state index in [1.54, 1.807) is 0 Å². The number of rotatable bonds is 6. The van der Waals surface area contributed by atoms with E-state index in [-0.39, 0.29) is 6.42 Å². The average molecular weight is 164 g/mol. The molecule has 0 amide bonds. The molecule has 0 bridgehead atoms. The van der Waals surface area contributed by atoms with Gasteiger partial charge in [-0.15, -0.1) is 0 Å². The zero-order valence-electron chi connectivity index (χ0n) is 5.75. The highest BCUT2D eigenvalue weighted by Crippen LogP contribution is 1.87. The fourth-order valence-electron chi connectivity index (χ4n) is 0.428. The highest BCUT2D eigenvalue weighted by molar-refractivity contribution is 7.80. The number of aliphatic carboxylic acids is 1. The van der Waals surface area contributed by atoms with E-state index in [2.05, 4.69) is 12.6 Å². The molecule has 1 N–H and O–H groups in total. The maximum Gasteiger partial charge on any atom is 0.305 e. The number of thiol groups is 1. The maximum atomic E-state index is 9.94. The van der Waals surface area contributed by atoms with Crippen molar-refractivity contribution in [3.05, 3.63) is 0 Å². The zero-order chi connectivity index (χ0) is 7.82. The second kappa shape index (κ2) is 6.89. The summed E-state index contributed by atoms with van der Waals surface area (Å²) >= 11 is 3.97. The van der Waals surface area contributed by atoms with Crippen LogP contribution in [0, 0.1) is 0 Å². The highest BCUT2D eigenvalue weighted by Gasteiger charge is 1.94. The third-order valence-corrected chi connectivity index (χ3v) is 1.22. The summed E-state index contributed by atoms with van der Waals surface area (Å²) in [6.45, 7) is 0.917. The summed E-state index contributed by atoms with van der Waals surface area (Å²) in [7, 11) is 0. The Labute approximate surface area is 65.8 Å². The van der Waals surface area contributed by atoms with E-state index in [0.717, 1.165) is 12.2 Å². The number of carboxylic acids is 1. The van der Waals surface area contributed by atoms with Crippen LogP contribution in [0.2, 0.25) is 0 Å². The summed E-state index contributed by atoms with van der Waals surface area (Å²) in [4.78, 5) is 9.94. The van der Waals surface area contributed by atoms with E-state index < -0.39 is 5.97 Å². The Balaban J connectivity index is 2.84. The first-order chi connectivity index (χ1) is 4.77. The van der Waals surface area contributed by atoms with Crippen LogP contribution in [0.5, 0.6) is 0 Å². The number of hydrogen-bond acceptors (Lipinski definition) is 3. The van der Waals surface area contributed by atoms with Gasteiger partial charge in [-0.2, -0.15) is 12.6 Å². The quantitative estimate of drug-likeness (QED) is 0.451. The first kappa shape index (κ1) is 9.78. The van der Waals surface area contributed by atoms with Crippen LogP contribution in [0.15, 0.2) is 0 Å². The maximum absolute atomic E-state index is 9.94. The van der Waals surface area contributed by atoms with Crippen molar-refractivity contribution in [1.82, 2.24) is 0 Å². The van der Waals surface area contributed by atoms with Crippen molar-refractivity contribution < 1.29 is 14.6 Å². The van der Waals surface area contributed by atoms with Gasteiger partial charge < -0.3 is 9.84 Å². The van der Waals surface area contributed by atoms with Gasteiger partial charge in [0.15, 0.2) is 0 Å². The molecule has 3 nitrogen and oxygen atoms in total. The first-order valence-corrected chi connectivity index (χ1v) is 3.81. The van der Waals surface area contributed by atoms with Gasteiger partial charge in [-0.25, -0.2) is 0 Å². The lowest BCUT2D eigenvalue weighted by Gasteiger charge is -1.98. The Kier molecular flexibility index (Phi) is 6.74. The number of hydrogen-bond donors (Lipinski definition) is 2. The fourth-order valence-corrected chi connectivity index (χ4v) is 0.557. The Morgan fingerprint density at radius 1 is 1.50 bits per heavy atom. The molecule has 4 heteroatoms. The van der Waals surface area contributed by atoms with Crippen LogP contribution in [0.1, 0.15) is 12.8 Å². The Bertz CT molecular complexity index is 95.0. The molecular formula is C6H12O3S. The summed E-state index contributed by atoms with van der Waals surface area (Å²) in [6.07, 6.45) is 0.968. The van der Waals surface area contributed by atoms with Gasteiger partial charge in [-0.3, -0.25) is 4.79 Å². The smallest absolute Gasteiger partial charge is 0.305 e. The summed E-state index contributed by atoms with van der Waals surface area (Å²) in [5.41, 5.74) is 0. The van der Waals surface area contributed by atoms with Crippen LogP contribution in [0.4, 0.5) is 0 Å². The molecule has 0 fully saturated rings. The van der Waals surface area contributed by atoms with E-state index >= 15 is 0 Å². The van der Waals surface area contributed by atoms with E-state index in [9.17, 15) is 4.79 Å². The van der Waals surface area contributed by atoms with Gasteiger partial charge >= 0.3 is 5.97 Å². The van der Waals surface area contributed by atoms with Crippen molar-refractivity contribution in [3.63, 3.8) is 0 Å². The normalized spacial score (nSPS) is 9.70. The second-order valence-corrected chi connectivity index (χ2v) is 2.28. The van der Waals surface area contributed by atoms with Crippen LogP contribution in [-0.2, 0) is 9.53 Å². The molecule has 0 heterocycles. The van der Waals surface area contributed by atoms with Gasteiger partial charge in [0.1, 0.15) is 0 Å². The number of carboxylic acid groups (broad SMARTS) is 1. The van der Waals surface area contributed by atoms with Gasteiger partial charge in [0.25, 0.3) is 0 Å². The molecule has 60 valence electrons. The second-order valence-electron chi connectivity index (χ2n) is 1.83. The molecule has 10 heavy (non-hydrogen) atoms. The topological polar surface area (TPSA) is 46.5 Å². The average Bonchev–Trinajstić information content (AvgIpc) is 1.87. The van der Waals surface area contributed by atoms with Crippen molar-refractivity contribution in [3.8, 4) is 0 Å². The summed E-state index contributed by atoms with van der Waals surface area (Å²) in [5.74, 6) is -0.0292. The van der Waals surface area contributed by atoms with Crippen molar-refractivity contribution in [2.75, 3.05) is 19.0 Å². The predicted octanol–water partition coefficient (Wildman–Crippen LogP) is 0.798. The number of carbonyl (C=O) groups is 1. The van der Waals surface area contributed by atoms with Gasteiger partial charge in [0.2, 0.25) is 0 Å². The highest BCUT2D eigenvalue weighted by atomic mass is 32.1. The molecule has 0 aliphatic heterocycles. The molecule has 0 aliphatic carbocycles. The molecule has 0 rings (SSSR count). The molecule has 0 spiro atoms. The molecule has 0 radical (unpaired) electrons. The standard InChI is InChI=1S/C6H12O3S/c7-6(8)2-4-9-3-1-5-10/h10H,1-5H2,(H,7,8). The van der Waals surface area contributed by atoms with E-state index in [0.29, 0.717) is 13.2 Å². The van der Waals surface area contributed by atoms with Crippen LogP contribution in [-0.4, -0.2) is 30.0 Å².